The van der Waals surface area contributed by atoms with E-state index in [1.54, 1.807) is 6.20 Å². The van der Waals surface area contributed by atoms with Gasteiger partial charge in [0.05, 0.1) is 6.34 Å². The smallest absolute Gasteiger partial charge is 0.132 e. The highest BCUT2D eigenvalue weighted by Gasteiger charge is 1.88. The maximum absolute atomic E-state index is 7.41. The lowest BCUT2D eigenvalue weighted by Crippen LogP contribution is -2.20. The lowest BCUT2D eigenvalue weighted by Gasteiger charge is -1.98. The summed E-state index contributed by atoms with van der Waals surface area (Å²) in [6.45, 7) is 1.85. The molecule has 0 bridgehead atoms. The molecule has 3 heteroatoms. The molecule has 0 spiro atoms. The molecule has 3 nitrogen and oxygen atoms in total. The standard InChI is InChI=1S/C7H9N3/c1-6-3-2-4-10(5-8)7(6)9/h2-5,8-9H,1H3. The number of aromatic nitrogens is 1. The maximum atomic E-state index is 7.41. The molecule has 2 N–H and O–H groups in total. The molecule has 52 valence electrons. The molecule has 1 rings (SSSR count). The highest BCUT2D eigenvalue weighted by Crippen LogP contribution is 1.84. The van der Waals surface area contributed by atoms with Gasteiger partial charge in [-0.1, -0.05) is 6.07 Å². The SMILES string of the molecule is Cc1cccn(C=N)c1=N. The lowest BCUT2D eigenvalue weighted by molar-refractivity contribution is 0.961. The largest absolute Gasteiger partial charge is 0.293 e. The fraction of sp³-hybridized carbons (Fsp3) is 0.143. The molecule has 0 amide bonds. The third kappa shape index (κ3) is 0.978. The number of hydrogen-bond acceptors (Lipinski definition) is 2. The van der Waals surface area contributed by atoms with Gasteiger partial charge in [-0.15, -0.1) is 0 Å². The molecule has 0 aliphatic rings. The average molecular weight is 135 g/mol. The average Bonchev–Trinajstić information content (AvgIpc) is 1.95. The van der Waals surface area contributed by atoms with E-state index < -0.39 is 0 Å². The maximum Gasteiger partial charge on any atom is 0.132 e. The molecular formula is C7H9N3. The highest BCUT2D eigenvalue weighted by molar-refractivity contribution is 5.53. The second-order valence-corrected chi connectivity index (χ2v) is 2.08. The van der Waals surface area contributed by atoms with E-state index in [9.17, 15) is 0 Å². The van der Waals surface area contributed by atoms with E-state index in [0.29, 0.717) is 5.49 Å². The van der Waals surface area contributed by atoms with Crippen LogP contribution < -0.4 is 5.49 Å². The Morgan fingerprint density at radius 2 is 2.30 bits per heavy atom. The van der Waals surface area contributed by atoms with Crippen molar-refractivity contribution >= 4 is 6.34 Å². The second kappa shape index (κ2) is 2.47. The molecule has 1 aromatic heterocycles. The Hall–Kier alpha value is -1.38. The van der Waals surface area contributed by atoms with Gasteiger partial charge in [-0.3, -0.25) is 15.4 Å². The summed E-state index contributed by atoms with van der Waals surface area (Å²) in [7, 11) is 0. The second-order valence-electron chi connectivity index (χ2n) is 2.08. The summed E-state index contributed by atoms with van der Waals surface area (Å²) < 4.78 is 1.45. The molecule has 0 aromatic carbocycles. The summed E-state index contributed by atoms with van der Waals surface area (Å²) in [6, 6.07) is 3.67. The third-order valence-electron chi connectivity index (χ3n) is 1.36. The number of aryl methyl sites for hydroxylation is 1. The van der Waals surface area contributed by atoms with Crippen LogP contribution in [0.5, 0.6) is 0 Å². The van der Waals surface area contributed by atoms with Crippen LogP contribution in [0, 0.1) is 17.7 Å². The molecule has 0 saturated heterocycles. The van der Waals surface area contributed by atoms with Crippen LogP contribution in [0.1, 0.15) is 5.56 Å². The van der Waals surface area contributed by atoms with Crippen molar-refractivity contribution < 1.29 is 0 Å². The number of hydrogen-bond donors (Lipinski definition) is 2. The van der Waals surface area contributed by atoms with Crippen molar-refractivity contribution in [2.45, 2.75) is 6.92 Å². The molecule has 0 radical (unpaired) electrons. The molecule has 0 unspecified atom stereocenters. The van der Waals surface area contributed by atoms with Gasteiger partial charge >= 0.3 is 0 Å². The molecule has 10 heavy (non-hydrogen) atoms. The Labute approximate surface area is 59.0 Å². The molecular weight excluding hydrogens is 126 g/mol. The minimum absolute atomic E-state index is 0.373. The molecule has 0 aliphatic heterocycles. The first-order valence-corrected chi connectivity index (χ1v) is 2.98. The number of pyridine rings is 1. The summed E-state index contributed by atoms with van der Waals surface area (Å²) >= 11 is 0. The van der Waals surface area contributed by atoms with Crippen LogP contribution in [0.25, 0.3) is 0 Å². The van der Waals surface area contributed by atoms with Crippen molar-refractivity contribution in [1.82, 2.24) is 4.57 Å². The van der Waals surface area contributed by atoms with Gasteiger partial charge in [-0.2, -0.15) is 0 Å². The van der Waals surface area contributed by atoms with Crippen LogP contribution in [0.3, 0.4) is 0 Å². The summed E-state index contributed by atoms with van der Waals surface area (Å²) in [6.07, 6.45) is 2.80. The first-order valence-electron chi connectivity index (χ1n) is 2.98. The summed E-state index contributed by atoms with van der Waals surface area (Å²) in [4.78, 5) is 0. The van der Waals surface area contributed by atoms with E-state index >= 15 is 0 Å². The predicted octanol–water partition coefficient (Wildman–Crippen LogP) is 0.731. The third-order valence-corrected chi connectivity index (χ3v) is 1.36. The van der Waals surface area contributed by atoms with Gasteiger partial charge in [0.2, 0.25) is 0 Å². The Morgan fingerprint density at radius 1 is 1.60 bits per heavy atom. The van der Waals surface area contributed by atoms with Crippen LogP contribution in [-0.2, 0) is 0 Å². The van der Waals surface area contributed by atoms with Crippen molar-refractivity contribution in [3.63, 3.8) is 0 Å². The molecule has 0 atom stereocenters. The van der Waals surface area contributed by atoms with Crippen LogP contribution >= 0.6 is 0 Å². The number of nitrogens with one attached hydrogen (secondary N) is 2. The first-order chi connectivity index (χ1) is 4.75. The van der Waals surface area contributed by atoms with E-state index in [1.807, 2.05) is 19.1 Å². The Bertz CT molecular complexity index is 298. The van der Waals surface area contributed by atoms with Crippen LogP contribution in [0.2, 0.25) is 0 Å². The van der Waals surface area contributed by atoms with Gasteiger partial charge in [0.25, 0.3) is 0 Å². The zero-order chi connectivity index (χ0) is 7.56. The van der Waals surface area contributed by atoms with Gasteiger partial charge in [0, 0.05) is 6.20 Å². The fourth-order valence-electron chi connectivity index (χ4n) is 0.745. The lowest BCUT2D eigenvalue weighted by atomic mass is 10.3. The van der Waals surface area contributed by atoms with Gasteiger partial charge in [-0.25, -0.2) is 0 Å². The van der Waals surface area contributed by atoms with Crippen molar-refractivity contribution in [2.75, 3.05) is 0 Å². The first kappa shape index (κ1) is 6.74. The zero-order valence-electron chi connectivity index (χ0n) is 5.76. The quantitative estimate of drug-likeness (QED) is 0.421. The monoisotopic (exact) mass is 135 g/mol. The molecule has 1 heterocycles. The minimum Gasteiger partial charge on any atom is -0.293 e. The topological polar surface area (TPSA) is 52.6 Å². The van der Waals surface area contributed by atoms with E-state index in [0.717, 1.165) is 11.9 Å². The van der Waals surface area contributed by atoms with Crippen LogP contribution in [0.15, 0.2) is 18.3 Å². The van der Waals surface area contributed by atoms with Crippen LogP contribution in [0.4, 0.5) is 0 Å². The molecule has 0 saturated carbocycles. The Kier molecular flexibility index (Phi) is 1.67. The summed E-state index contributed by atoms with van der Waals surface area (Å²) in [5.74, 6) is 0. The van der Waals surface area contributed by atoms with E-state index in [4.69, 9.17) is 10.8 Å². The van der Waals surface area contributed by atoms with Gasteiger partial charge in [-0.05, 0) is 18.6 Å². The Balaban J connectivity index is 3.42. The fourth-order valence-corrected chi connectivity index (χ4v) is 0.745. The van der Waals surface area contributed by atoms with E-state index in [-0.39, 0.29) is 0 Å². The van der Waals surface area contributed by atoms with Crippen molar-refractivity contribution in [3.8, 4) is 0 Å². The van der Waals surface area contributed by atoms with Gasteiger partial charge in [0.15, 0.2) is 0 Å². The summed E-state index contributed by atoms with van der Waals surface area (Å²) in [5, 5.41) is 14.3. The van der Waals surface area contributed by atoms with Gasteiger partial charge < -0.3 is 0 Å². The van der Waals surface area contributed by atoms with E-state index in [1.165, 1.54) is 4.57 Å². The highest BCUT2D eigenvalue weighted by atomic mass is 15.0. The van der Waals surface area contributed by atoms with Gasteiger partial charge in [0.1, 0.15) is 5.49 Å². The molecule has 0 fully saturated rings. The van der Waals surface area contributed by atoms with Crippen molar-refractivity contribution in [3.05, 3.63) is 29.4 Å². The number of rotatable bonds is 1. The molecule has 1 aromatic rings. The summed E-state index contributed by atoms with van der Waals surface area (Å²) in [5.41, 5.74) is 1.25. The van der Waals surface area contributed by atoms with E-state index in [2.05, 4.69) is 0 Å². The number of nitrogens with zero attached hydrogens (tertiary/aromatic N) is 1. The van der Waals surface area contributed by atoms with Crippen molar-refractivity contribution in [2.24, 2.45) is 0 Å². The normalized spacial score (nSPS) is 9.30. The minimum atomic E-state index is 0.373. The Morgan fingerprint density at radius 3 is 2.80 bits per heavy atom. The van der Waals surface area contributed by atoms with Crippen molar-refractivity contribution in [1.29, 1.82) is 10.8 Å². The zero-order valence-corrected chi connectivity index (χ0v) is 5.76. The molecule has 0 aliphatic carbocycles. The predicted molar refractivity (Wildman–Crippen MR) is 39.2 cm³/mol. The van der Waals surface area contributed by atoms with Crippen LogP contribution in [-0.4, -0.2) is 10.9 Å².